The molecule has 5 atom stereocenters. The Balaban J connectivity index is 1.69. The van der Waals surface area contributed by atoms with Crippen molar-refractivity contribution in [2.24, 2.45) is 11.8 Å². The number of rotatable bonds is 8. The van der Waals surface area contributed by atoms with Crippen LogP contribution in [0.4, 0.5) is 0 Å². The maximum atomic E-state index is 14.0. The third-order valence-electron chi connectivity index (χ3n) is 8.03. The van der Waals surface area contributed by atoms with E-state index in [0.717, 1.165) is 22.0 Å². The van der Waals surface area contributed by atoms with Crippen LogP contribution in [0, 0.1) is 11.8 Å². The topological polar surface area (TPSA) is 116 Å². The normalized spacial score (nSPS) is 21.8. The maximum Gasteiger partial charge on any atom is 0.247 e. The smallest absolute Gasteiger partial charge is 0.247 e. The Morgan fingerprint density at radius 3 is 2.40 bits per heavy atom. The lowest BCUT2D eigenvalue weighted by Gasteiger charge is -2.34. The first-order valence-electron chi connectivity index (χ1n) is 14.6. The summed E-state index contributed by atoms with van der Waals surface area (Å²) in [7, 11) is 3.70. The second-order valence-corrected chi connectivity index (χ2v) is 11.6. The van der Waals surface area contributed by atoms with Crippen LogP contribution in [0.3, 0.4) is 0 Å². The van der Waals surface area contributed by atoms with Gasteiger partial charge in [0.25, 0.3) is 0 Å². The molecule has 2 bridgehead atoms. The summed E-state index contributed by atoms with van der Waals surface area (Å²) in [4.78, 5) is 46.3. The summed E-state index contributed by atoms with van der Waals surface area (Å²) < 4.78 is 6.39. The van der Waals surface area contributed by atoms with E-state index in [2.05, 4.69) is 20.9 Å². The van der Waals surface area contributed by atoms with Crippen LogP contribution in [-0.2, 0) is 20.8 Å². The van der Waals surface area contributed by atoms with Crippen molar-refractivity contribution in [3.63, 3.8) is 0 Å². The Morgan fingerprint density at radius 1 is 1.02 bits per heavy atom. The number of fused-ring (bicyclic) bond motifs is 11. The van der Waals surface area contributed by atoms with E-state index in [4.69, 9.17) is 4.74 Å². The Morgan fingerprint density at radius 2 is 1.74 bits per heavy atom. The lowest BCUT2D eigenvalue weighted by atomic mass is 9.94. The van der Waals surface area contributed by atoms with E-state index < -0.39 is 30.1 Å². The first-order valence-corrected chi connectivity index (χ1v) is 14.6. The first kappa shape index (κ1) is 30.8. The van der Waals surface area contributed by atoms with Gasteiger partial charge < -0.3 is 25.7 Å². The minimum atomic E-state index is -1.06. The molecule has 0 spiro atoms. The second-order valence-electron chi connectivity index (χ2n) is 11.6. The molecule has 2 aliphatic heterocycles. The lowest BCUT2D eigenvalue weighted by Crippen LogP contribution is -2.62. The van der Waals surface area contributed by atoms with Crippen molar-refractivity contribution in [1.29, 1.82) is 0 Å². The molecule has 3 aromatic rings. The summed E-state index contributed by atoms with van der Waals surface area (Å²) in [5.41, 5.74) is 2.90. The van der Waals surface area contributed by atoms with Crippen LogP contribution >= 0.6 is 0 Å². The van der Waals surface area contributed by atoms with Gasteiger partial charge in [0.1, 0.15) is 23.9 Å². The molecule has 2 aliphatic rings. The number of aromatic nitrogens is 1. The molecule has 3 amide bonds. The average Bonchev–Trinajstić information content (AvgIpc) is 3.38. The van der Waals surface area contributed by atoms with Gasteiger partial charge in [-0.05, 0) is 67.8 Å². The van der Waals surface area contributed by atoms with Crippen molar-refractivity contribution in [2.75, 3.05) is 14.1 Å². The zero-order valence-corrected chi connectivity index (χ0v) is 25.3. The van der Waals surface area contributed by atoms with Gasteiger partial charge in [0.05, 0.1) is 6.04 Å². The fourth-order valence-corrected chi connectivity index (χ4v) is 5.22. The molecule has 42 heavy (non-hydrogen) atoms. The molecule has 0 fully saturated rings. The third kappa shape index (κ3) is 7.20. The highest BCUT2D eigenvalue weighted by Crippen LogP contribution is 2.23. The number of carbonyl (C=O) groups is 3. The predicted molar refractivity (Wildman–Crippen MR) is 166 cm³/mol. The van der Waals surface area contributed by atoms with Gasteiger partial charge in [0.15, 0.2) is 0 Å². The van der Waals surface area contributed by atoms with E-state index in [9.17, 15) is 14.4 Å². The van der Waals surface area contributed by atoms with Gasteiger partial charge in [-0.25, -0.2) is 0 Å². The Kier molecular flexibility index (Phi) is 10.1. The van der Waals surface area contributed by atoms with Crippen molar-refractivity contribution < 1.29 is 19.1 Å². The monoisotopic (exact) mass is 573 g/mol. The van der Waals surface area contributed by atoms with Crippen molar-refractivity contribution in [2.45, 2.75) is 64.8 Å². The number of benzene rings is 2. The zero-order valence-electron chi connectivity index (χ0n) is 25.3. The number of H-pyrrole nitrogens is 1. The fourth-order valence-electron chi connectivity index (χ4n) is 5.22. The van der Waals surface area contributed by atoms with Crippen molar-refractivity contribution in [3.05, 3.63) is 72.1 Å². The molecule has 3 heterocycles. The van der Waals surface area contributed by atoms with Crippen LogP contribution in [0.15, 0.2) is 60.9 Å². The molecule has 0 aliphatic carbocycles. The van der Waals surface area contributed by atoms with Crippen LogP contribution in [0.5, 0.6) is 5.75 Å². The van der Waals surface area contributed by atoms with E-state index in [-0.39, 0.29) is 23.7 Å². The minimum Gasteiger partial charge on any atom is -0.487 e. The number of nitrogens with one attached hydrogen (secondary N) is 4. The number of ether oxygens (including phenoxy) is 1. The lowest BCUT2D eigenvalue weighted by molar-refractivity contribution is -0.136. The molecule has 0 saturated carbocycles. The van der Waals surface area contributed by atoms with Gasteiger partial charge in [0.2, 0.25) is 17.7 Å². The molecule has 9 nitrogen and oxygen atoms in total. The Bertz CT molecular complexity index is 1410. The van der Waals surface area contributed by atoms with Crippen LogP contribution in [0.2, 0.25) is 0 Å². The number of hydrogen-bond donors (Lipinski definition) is 4. The summed E-state index contributed by atoms with van der Waals surface area (Å²) in [6.45, 7) is 7.79. The van der Waals surface area contributed by atoms with Gasteiger partial charge in [-0.1, -0.05) is 64.4 Å². The average molecular weight is 574 g/mol. The third-order valence-corrected chi connectivity index (χ3v) is 8.03. The quantitative estimate of drug-likeness (QED) is 0.327. The molecule has 4 N–H and O–H groups in total. The molecular weight excluding hydrogens is 530 g/mol. The molecule has 0 unspecified atom stereocenters. The second kappa shape index (κ2) is 13.7. The number of hydrogen-bond acceptors (Lipinski definition) is 5. The summed E-state index contributed by atoms with van der Waals surface area (Å²) in [5.74, 6) is -0.787. The van der Waals surface area contributed by atoms with E-state index >= 15 is 0 Å². The van der Waals surface area contributed by atoms with Crippen molar-refractivity contribution in [3.8, 4) is 5.75 Å². The van der Waals surface area contributed by atoms with Crippen LogP contribution in [-0.4, -0.2) is 65.9 Å². The number of likely N-dealkylation sites (N-methyl/N-ethyl adjacent to an activating group) is 1. The van der Waals surface area contributed by atoms with E-state index in [0.29, 0.717) is 18.6 Å². The molecule has 0 saturated heterocycles. The minimum absolute atomic E-state index is 0.139. The number of carbonyl (C=O) groups excluding carboxylic acids is 3. The largest absolute Gasteiger partial charge is 0.487 e. The number of para-hydroxylation sites is 1. The predicted octanol–water partition coefficient (Wildman–Crippen LogP) is 3.86. The SMILES string of the molecule is CC[C@H](C)[C@@H]1NC(=O)[C@@H](NC(=O)[C@H](Cc2c[nH]c3ccccc23)N(C)C)[C@H](C(C)C)Oc2ccc(cc2)/C=C\NC1=O. The Hall–Kier alpha value is -4.11. The molecule has 5 rings (SSSR count). The van der Waals surface area contributed by atoms with E-state index in [1.807, 2.05) is 101 Å². The van der Waals surface area contributed by atoms with Crippen molar-refractivity contribution >= 4 is 34.7 Å². The van der Waals surface area contributed by atoms with E-state index in [1.54, 1.807) is 12.3 Å². The number of aromatic amines is 1. The van der Waals surface area contributed by atoms with E-state index in [1.165, 1.54) is 0 Å². The Labute approximate surface area is 248 Å². The standard InChI is InChI=1S/C33H43N5O4/c1-7-21(4)28-32(40)34-17-16-22-12-14-24(15-13-22)42-30(20(2)3)29(33(41)36-28)37-31(39)27(38(5)6)18-23-19-35-26-11-9-8-10-25(23)26/h8-17,19-21,27-30,35H,7,18H2,1-6H3,(H,34,40)(H,36,41)(H,37,39)/b17-16-/t21-,27-,28-,29-,30-/m0/s1. The molecule has 2 aromatic carbocycles. The summed E-state index contributed by atoms with van der Waals surface area (Å²) >= 11 is 0. The first-order chi connectivity index (χ1) is 20.1. The zero-order chi connectivity index (χ0) is 30.4. The molecule has 0 radical (unpaired) electrons. The fraction of sp³-hybridized carbons (Fsp3) is 0.424. The molecule has 1 aromatic heterocycles. The number of amides is 3. The van der Waals surface area contributed by atoms with Gasteiger partial charge in [-0.15, -0.1) is 0 Å². The highest BCUT2D eigenvalue weighted by atomic mass is 16.5. The van der Waals surface area contributed by atoms with Crippen molar-refractivity contribution in [1.82, 2.24) is 25.8 Å². The summed E-state index contributed by atoms with van der Waals surface area (Å²) in [6.07, 6.45) is 5.72. The van der Waals surface area contributed by atoms with Crippen LogP contribution < -0.4 is 20.7 Å². The number of nitrogens with zero attached hydrogens (tertiary/aromatic N) is 1. The van der Waals surface area contributed by atoms with Gasteiger partial charge in [-0.3, -0.25) is 19.3 Å². The highest BCUT2D eigenvalue weighted by molar-refractivity contribution is 5.94. The molecule has 224 valence electrons. The molecular formula is C33H43N5O4. The molecule has 9 heteroatoms. The van der Waals surface area contributed by atoms with Crippen LogP contribution in [0.25, 0.3) is 17.0 Å². The van der Waals surface area contributed by atoms with Crippen LogP contribution in [0.1, 0.15) is 45.2 Å². The van der Waals surface area contributed by atoms with Gasteiger partial charge >= 0.3 is 0 Å². The summed E-state index contributed by atoms with van der Waals surface area (Å²) in [6, 6.07) is 13.0. The van der Waals surface area contributed by atoms with Gasteiger partial charge in [0, 0.05) is 23.3 Å². The maximum absolute atomic E-state index is 14.0. The van der Waals surface area contributed by atoms with Gasteiger partial charge in [-0.2, -0.15) is 0 Å². The summed E-state index contributed by atoms with van der Waals surface area (Å²) in [5, 5.41) is 9.84. The highest BCUT2D eigenvalue weighted by Gasteiger charge is 2.38.